The lowest BCUT2D eigenvalue weighted by Crippen LogP contribution is -2.26. The molecule has 1 atom stereocenters. The lowest BCUT2D eigenvalue weighted by molar-refractivity contribution is -0.140. The molecule has 168 valence electrons. The number of anilines is 2. The Hall–Kier alpha value is -2.18. The normalized spacial score (nSPS) is 13.2. The van der Waals surface area contributed by atoms with Gasteiger partial charge in [0.1, 0.15) is 10.5 Å². The summed E-state index contributed by atoms with van der Waals surface area (Å²) in [5.74, 6) is -0.662. The number of rotatable bonds is 8. The van der Waals surface area contributed by atoms with Gasteiger partial charge >= 0.3 is 6.18 Å². The summed E-state index contributed by atoms with van der Waals surface area (Å²) in [6.45, 7) is 3.93. The molecule has 0 spiro atoms. The Balaban J connectivity index is 1.88. The molecule has 0 amide bonds. The molecule has 4 N–H and O–H groups in total. The summed E-state index contributed by atoms with van der Waals surface area (Å²) < 4.78 is 53.8. The van der Waals surface area contributed by atoms with Crippen LogP contribution in [0.15, 0.2) is 23.4 Å². The quantitative estimate of drug-likeness (QED) is 0.241. The van der Waals surface area contributed by atoms with Crippen molar-refractivity contribution < 1.29 is 22.7 Å². The Kier molecular flexibility index (Phi) is 7.22. The van der Waals surface area contributed by atoms with Crippen molar-refractivity contribution in [2.45, 2.75) is 43.4 Å². The maximum absolute atomic E-state index is 14.3. The third-order valence-electron chi connectivity index (χ3n) is 4.31. The minimum atomic E-state index is -4.77. The van der Waals surface area contributed by atoms with E-state index in [1.807, 2.05) is 13.8 Å². The van der Waals surface area contributed by atoms with Gasteiger partial charge in [-0.2, -0.15) is 13.2 Å². The number of nitrogen functional groups attached to an aromatic ring is 1. The summed E-state index contributed by atoms with van der Waals surface area (Å²) in [5, 5.41) is 13.3. The molecular weight excluding hydrogens is 454 g/mol. The molecule has 2 heterocycles. The predicted octanol–water partition coefficient (Wildman–Crippen LogP) is 4.94. The Bertz CT molecular complexity index is 1060. The van der Waals surface area contributed by atoms with Crippen LogP contribution in [-0.2, 0) is 11.9 Å². The average Bonchev–Trinajstić information content (AvgIpc) is 3.05. The van der Waals surface area contributed by atoms with Gasteiger partial charge < -0.3 is 16.2 Å². The Morgan fingerprint density at radius 2 is 1.97 bits per heavy atom. The van der Waals surface area contributed by atoms with Crippen molar-refractivity contribution in [3.05, 3.63) is 35.1 Å². The van der Waals surface area contributed by atoms with E-state index in [1.165, 1.54) is 17.4 Å². The SMILES string of the molecule is CC(C)CC(CO)Nc1nc(SCc2cccc(C(F)(F)F)c2F)nc2nc(N)sc12. The van der Waals surface area contributed by atoms with Gasteiger partial charge in [-0.15, -0.1) is 0 Å². The van der Waals surface area contributed by atoms with Crippen molar-refractivity contribution in [2.24, 2.45) is 5.92 Å². The number of thiazole rings is 1. The molecule has 3 rings (SSSR count). The van der Waals surface area contributed by atoms with E-state index < -0.39 is 17.6 Å². The van der Waals surface area contributed by atoms with Crippen molar-refractivity contribution >= 4 is 44.4 Å². The van der Waals surface area contributed by atoms with Crippen LogP contribution in [0.3, 0.4) is 0 Å². The van der Waals surface area contributed by atoms with E-state index in [4.69, 9.17) is 5.73 Å². The third-order valence-corrected chi connectivity index (χ3v) is 6.08. The van der Waals surface area contributed by atoms with Gasteiger partial charge in [0.05, 0.1) is 18.2 Å². The summed E-state index contributed by atoms with van der Waals surface area (Å²) in [7, 11) is 0. The molecule has 0 aliphatic heterocycles. The van der Waals surface area contributed by atoms with Gasteiger partial charge in [0.2, 0.25) is 0 Å². The topological polar surface area (TPSA) is 97.0 Å². The maximum atomic E-state index is 14.3. The number of hydrogen-bond acceptors (Lipinski definition) is 8. The first kappa shape index (κ1) is 23.5. The molecule has 6 nitrogen and oxygen atoms in total. The zero-order valence-corrected chi connectivity index (χ0v) is 18.3. The lowest BCUT2D eigenvalue weighted by atomic mass is 10.0. The van der Waals surface area contributed by atoms with E-state index in [-0.39, 0.29) is 34.3 Å². The highest BCUT2D eigenvalue weighted by molar-refractivity contribution is 7.98. The van der Waals surface area contributed by atoms with Crippen LogP contribution in [0, 0.1) is 11.7 Å². The predicted molar refractivity (Wildman–Crippen MR) is 115 cm³/mol. The molecule has 1 unspecified atom stereocenters. The minimum absolute atomic E-state index is 0.101. The number of hydrogen-bond donors (Lipinski definition) is 3. The first-order valence-electron chi connectivity index (χ1n) is 9.37. The van der Waals surface area contributed by atoms with E-state index in [1.54, 1.807) is 0 Å². The summed E-state index contributed by atoms with van der Waals surface area (Å²) in [4.78, 5) is 12.9. The van der Waals surface area contributed by atoms with Crippen molar-refractivity contribution in [3.63, 3.8) is 0 Å². The zero-order chi connectivity index (χ0) is 22.8. The molecule has 0 saturated heterocycles. The van der Waals surface area contributed by atoms with Crippen LogP contribution in [0.1, 0.15) is 31.4 Å². The molecule has 3 aromatic rings. The standard InChI is InChI=1S/C19H21F4N5OS2/c1-9(2)6-11(7-29)25-15-14-16(26-17(24)31-14)28-18(27-15)30-8-10-4-3-5-12(13(10)20)19(21,22)23/h3-5,9,11,29H,6-8H2,1-2H3,(H3,24,25,26,27,28). The second kappa shape index (κ2) is 9.53. The van der Waals surface area contributed by atoms with E-state index in [2.05, 4.69) is 20.3 Å². The van der Waals surface area contributed by atoms with Gasteiger partial charge in [-0.25, -0.2) is 19.3 Å². The molecule has 0 aliphatic carbocycles. The molecule has 0 fully saturated rings. The van der Waals surface area contributed by atoms with Crippen LogP contribution in [0.4, 0.5) is 28.5 Å². The minimum Gasteiger partial charge on any atom is -0.394 e. The Morgan fingerprint density at radius 3 is 2.61 bits per heavy atom. The number of aliphatic hydroxyl groups excluding tert-OH is 1. The van der Waals surface area contributed by atoms with Gasteiger partial charge in [0, 0.05) is 5.75 Å². The van der Waals surface area contributed by atoms with Gasteiger partial charge in [-0.05, 0) is 24.0 Å². The summed E-state index contributed by atoms with van der Waals surface area (Å²) in [6.07, 6.45) is -4.08. The molecule has 0 aliphatic rings. The molecule has 0 radical (unpaired) electrons. The van der Waals surface area contributed by atoms with Crippen LogP contribution in [0.5, 0.6) is 0 Å². The highest BCUT2D eigenvalue weighted by atomic mass is 32.2. The number of nitrogens with two attached hydrogens (primary N) is 1. The number of fused-ring (bicyclic) bond motifs is 1. The molecule has 2 aromatic heterocycles. The second-order valence-electron chi connectivity index (χ2n) is 7.28. The van der Waals surface area contributed by atoms with Crippen LogP contribution >= 0.6 is 23.1 Å². The second-order valence-corrected chi connectivity index (χ2v) is 9.25. The fraction of sp³-hybridized carbons (Fsp3) is 0.421. The monoisotopic (exact) mass is 475 g/mol. The fourth-order valence-corrected chi connectivity index (χ4v) is 4.52. The van der Waals surface area contributed by atoms with Gasteiger partial charge in [0.15, 0.2) is 21.8 Å². The third kappa shape index (κ3) is 5.74. The van der Waals surface area contributed by atoms with Crippen LogP contribution in [0.2, 0.25) is 0 Å². The number of alkyl halides is 3. The number of thioether (sulfide) groups is 1. The van der Waals surface area contributed by atoms with Gasteiger partial charge in [-0.1, -0.05) is 49.1 Å². The van der Waals surface area contributed by atoms with Crippen molar-refractivity contribution in [1.82, 2.24) is 15.0 Å². The highest BCUT2D eigenvalue weighted by Crippen LogP contribution is 2.35. The van der Waals surface area contributed by atoms with Crippen LogP contribution in [-0.4, -0.2) is 32.7 Å². The first-order chi connectivity index (χ1) is 14.6. The highest BCUT2D eigenvalue weighted by Gasteiger charge is 2.34. The van der Waals surface area contributed by atoms with E-state index in [0.717, 1.165) is 17.8 Å². The Morgan fingerprint density at radius 1 is 1.23 bits per heavy atom. The smallest absolute Gasteiger partial charge is 0.394 e. The first-order valence-corrected chi connectivity index (χ1v) is 11.2. The summed E-state index contributed by atoms with van der Waals surface area (Å²) in [5.41, 5.74) is 4.71. The largest absolute Gasteiger partial charge is 0.419 e. The van der Waals surface area contributed by atoms with Gasteiger partial charge in [0.25, 0.3) is 0 Å². The molecule has 12 heteroatoms. The summed E-state index contributed by atoms with van der Waals surface area (Å²) in [6, 6.07) is 2.90. The van der Waals surface area contributed by atoms with Crippen molar-refractivity contribution in [3.8, 4) is 0 Å². The lowest BCUT2D eigenvalue weighted by Gasteiger charge is -2.19. The maximum Gasteiger partial charge on any atom is 0.419 e. The van der Waals surface area contributed by atoms with E-state index in [9.17, 15) is 22.7 Å². The molecule has 31 heavy (non-hydrogen) atoms. The summed E-state index contributed by atoms with van der Waals surface area (Å²) >= 11 is 2.17. The number of aliphatic hydroxyl groups is 1. The molecule has 1 aromatic carbocycles. The Labute approximate surface area is 184 Å². The fourth-order valence-electron chi connectivity index (χ4n) is 2.98. The average molecular weight is 476 g/mol. The van der Waals surface area contributed by atoms with Crippen molar-refractivity contribution in [2.75, 3.05) is 17.7 Å². The number of halogens is 4. The molecule has 0 saturated carbocycles. The molecule has 0 bridgehead atoms. The van der Waals surface area contributed by atoms with Crippen LogP contribution < -0.4 is 11.1 Å². The van der Waals surface area contributed by atoms with Gasteiger partial charge in [-0.3, -0.25) is 0 Å². The van der Waals surface area contributed by atoms with E-state index >= 15 is 0 Å². The van der Waals surface area contributed by atoms with Crippen LogP contribution in [0.25, 0.3) is 10.3 Å². The van der Waals surface area contributed by atoms with Crippen molar-refractivity contribution in [1.29, 1.82) is 0 Å². The number of nitrogens with one attached hydrogen (secondary N) is 1. The molecular formula is C19H21F4N5OS2. The van der Waals surface area contributed by atoms with E-state index in [0.29, 0.717) is 34.6 Å². The number of nitrogens with zero attached hydrogens (tertiary/aromatic N) is 3. The zero-order valence-electron chi connectivity index (χ0n) is 16.7. The number of benzene rings is 1. The number of aromatic nitrogens is 3.